The van der Waals surface area contributed by atoms with Crippen LogP contribution >= 0.6 is 0 Å². The van der Waals surface area contributed by atoms with Crippen molar-refractivity contribution in [3.05, 3.63) is 29.8 Å². The van der Waals surface area contributed by atoms with E-state index >= 15 is 0 Å². The maximum absolute atomic E-state index is 12.0. The van der Waals surface area contributed by atoms with Gasteiger partial charge in [-0.1, -0.05) is 18.2 Å². The molecular weight excluding hydrogens is 218 g/mol. The first-order valence-corrected chi connectivity index (χ1v) is 5.78. The predicted octanol–water partition coefficient (Wildman–Crippen LogP) is 1.44. The van der Waals surface area contributed by atoms with Crippen molar-refractivity contribution in [1.29, 1.82) is 0 Å². The third kappa shape index (κ3) is 2.97. The Morgan fingerprint density at radius 1 is 1.47 bits per heavy atom. The number of rotatable bonds is 3. The van der Waals surface area contributed by atoms with Crippen molar-refractivity contribution in [2.75, 3.05) is 27.0 Å². The molecule has 1 aromatic carbocycles. The lowest BCUT2D eigenvalue weighted by Crippen LogP contribution is -2.39. The third-order valence-electron chi connectivity index (χ3n) is 2.85. The summed E-state index contributed by atoms with van der Waals surface area (Å²) in [5, 5.41) is 0. The van der Waals surface area contributed by atoms with E-state index in [1.807, 2.05) is 24.3 Å². The molecule has 1 amide bonds. The van der Waals surface area contributed by atoms with E-state index in [1.54, 1.807) is 12.0 Å². The maximum atomic E-state index is 12.0. The molecule has 0 spiro atoms. The first-order valence-electron chi connectivity index (χ1n) is 5.78. The molecule has 1 aliphatic heterocycles. The average molecular weight is 235 g/mol. The van der Waals surface area contributed by atoms with Crippen molar-refractivity contribution in [1.82, 2.24) is 4.90 Å². The summed E-state index contributed by atoms with van der Waals surface area (Å²) in [6.45, 7) is 1.94. The van der Waals surface area contributed by atoms with Gasteiger partial charge in [0, 0.05) is 12.1 Å². The molecule has 1 aliphatic rings. The molecule has 1 fully saturated rings. The third-order valence-corrected chi connectivity index (χ3v) is 2.85. The number of nitrogens with zero attached hydrogens (tertiary/aromatic N) is 1. The zero-order valence-corrected chi connectivity index (χ0v) is 10.0. The molecule has 92 valence electrons. The maximum Gasteiger partial charge on any atom is 0.228 e. The lowest BCUT2D eigenvalue weighted by Gasteiger charge is -2.26. The molecule has 0 unspecified atom stereocenters. The summed E-state index contributed by atoms with van der Waals surface area (Å²) in [4.78, 5) is 13.8. The fourth-order valence-corrected chi connectivity index (χ4v) is 1.92. The number of benzene rings is 1. The van der Waals surface area contributed by atoms with Crippen molar-refractivity contribution in [2.24, 2.45) is 0 Å². The van der Waals surface area contributed by atoms with E-state index in [0.29, 0.717) is 13.2 Å². The number of hydrogen-bond donors (Lipinski definition) is 0. The molecule has 2 rings (SSSR count). The number of amides is 1. The summed E-state index contributed by atoms with van der Waals surface area (Å²) < 4.78 is 10.5. The van der Waals surface area contributed by atoms with Crippen LogP contribution in [0.25, 0.3) is 0 Å². The van der Waals surface area contributed by atoms with Gasteiger partial charge in [0.2, 0.25) is 5.91 Å². The molecular formula is C13H17NO3. The van der Waals surface area contributed by atoms with Gasteiger partial charge < -0.3 is 14.4 Å². The van der Waals surface area contributed by atoms with Crippen molar-refractivity contribution < 1.29 is 14.3 Å². The fourth-order valence-electron chi connectivity index (χ4n) is 1.92. The molecule has 1 heterocycles. The largest absolute Gasteiger partial charge is 0.496 e. The zero-order valence-electron chi connectivity index (χ0n) is 10.0. The SMILES string of the molecule is COc1ccccc1CC(=O)N1CCCOC1. The minimum Gasteiger partial charge on any atom is -0.496 e. The minimum atomic E-state index is 0.0919. The van der Waals surface area contributed by atoms with E-state index < -0.39 is 0 Å². The number of ether oxygens (including phenoxy) is 2. The Balaban J connectivity index is 2.01. The van der Waals surface area contributed by atoms with Crippen LogP contribution in [0, 0.1) is 0 Å². The van der Waals surface area contributed by atoms with Gasteiger partial charge in [-0.2, -0.15) is 0 Å². The Hall–Kier alpha value is -1.55. The summed E-state index contributed by atoms with van der Waals surface area (Å²) >= 11 is 0. The van der Waals surface area contributed by atoms with Gasteiger partial charge in [-0.15, -0.1) is 0 Å². The first kappa shape index (κ1) is 11.9. The number of para-hydroxylation sites is 1. The van der Waals surface area contributed by atoms with Crippen LogP contribution < -0.4 is 4.74 Å². The van der Waals surface area contributed by atoms with E-state index in [2.05, 4.69) is 0 Å². The molecule has 4 nitrogen and oxygen atoms in total. The highest BCUT2D eigenvalue weighted by Gasteiger charge is 2.18. The standard InChI is InChI=1S/C13H17NO3/c1-16-12-6-3-2-5-11(12)9-13(15)14-7-4-8-17-10-14/h2-3,5-6H,4,7-10H2,1H3. The number of carbonyl (C=O) groups excluding carboxylic acids is 1. The summed E-state index contributed by atoms with van der Waals surface area (Å²) in [6.07, 6.45) is 1.28. The summed E-state index contributed by atoms with van der Waals surface area (Å²) in [6, 6.07) is 7.60. The number of carbonyl (C=O) groups is 1. The smallest absolute Gasteiger partial charge is 0.228 e. The summed E-state index contributed by atoms with van der Waals surface area (Å²) in [5.41, 5.74) is 0.922. The highest BCUT2D eigenvalue weighted by atomic mass is 16.5. The Labute approximate surface area is 101 Å². The average Bonchev–Trinajstić information content (AvgIpc) is 2.40. The molecule has 0 saturated carbocycles. The Kier molecular flexibility index (Phi) is 3.98. The van der Waals surface area contributed by atoms with Gasteiger partial charge in [0.1, 0.15) is 12.5 Å². The summed E-state index contributed by atoms with van der Waals surface area (Å²) in [5.74, 6) is 0.855. The van der Waals surface area contributed by atoms with Crippen LogP contribution in [-0.4, -0.2) is 37.8 Å². The molecule has 0 radical (unpaired) electrons. The second-order valence-corrected chi connectivity index (χ2v) is 4.04. The Morgan fingerprint density at radius 3 is 3.00 bits per heavy atom. The van der Waals surface area contributed by atoms with Gasteiger partial charge in [-0.25, -0.2) is 0 Å². The van der Waals surface area contributed by atoms with E-state index in [1.165, 1.54) is 0 Å². The Morgan fingerprint density at radius 2 is 2.29 bits per heavy atom. The van der Waals surface area contributed by atoms with Gasteiger partial charge in [-0.05, 0) is 12.5 Å². The van der Waals surface area contributed by atoms with E-state index in [9.17, 15) is 4.79 Å². The van der Waals surface area contributed by atoms with Crippen LogP contribution in [0.1, 0.15) is 12.0 Å². The van der Waals surface area contributed by atoms with Crippen LogP contribution in [0.5, 0.6) is 5.75 Å². The van der Waals surface area contributed by atoms with Crippen LogP contribution in [-0.2, 0) is 16.0 Å². The first-order chi connectivity index (χ1) is 8.31. The predicted molar refractivity (Wildman–Crippen MR) is 63.8 cm³/mol. The Bertz CT molecular complexity index is 386. The van der Waals surface area contributed by atoms with Gasteiger partial charge in [0.25, 0.3) is 0 Å². The van der Waals surface area contributed by atoms with Crippen molar-refractivity contribution in [3.63, 3.8) is 0 Å². The van der Waals surface area contributed by atoms with E-state index in [-0.39, 0.29) is 5.91 Å². The van der Waals surface area contributed by atoms with Gasteiger partial charge in [-0.3, -0.25) is 4.79 Å². The van der Waals surface area contributed by atoms with Gasteiger partial charge in [0.15, 0.2) is 0 Å². The van der Waals surface area contributed by atoms with Crippen LogP contribution in [0.15, 0.2) is 24.3 Å². The van der Waals surface area contributed by atoms with Crippen LogP contribution in [0.2, 0.25) is 0 Å². The highest BCUT2D eigenvalue weighted by molar-refractivity contribution is 5.79. The molecule has 17 heavy (non-hydrogen) atoms. The molecule has 0 aliphatic carbocycles. The number of hydrogen-bond acceptors (Lipinski definition) is 3. The normalized spacial score (nSPS) is 15.7. The van der Waals surface area contributed by atoms with Crippen LogP contribution in [0.3, 0.4) is 0 Å². The zero-order chi connectivity index (χ0) is 12.1. The van der Waals surface area contributed by atoms with E-state index in [4.69, 9.17) is 9.47 Å². The van der Waals surface area contributed by atoms with Crippen molar-refractivity contribution in [2.45, 2.75) is 12.8 Å². The lowest BCUT2D eigenvalue weighted by molar-refractivity contribution is -0.139. The number of methoxy groups -OCH3 is 1. The minimum absolute atomic E-state index is 0.0919. The van der Waals surface area contributed by atoms with Gasteiger partial charge in [0.05, 0.1) is 20.1 Å². The van der Waals surface area contributed by atoms with Gasteiger partial charge >= 0.3 is 0 Å². The second kappa shape index (κ2) is 5.68. The molecule has 0 atom stereocenters. The molecule has 0 aromatic heterocycles. The molecule has 1 aromatic rings. The molecule has 4 heteroatoms. The molecule has 1 saturated heterocycles. The highest BCUT2D eigenvalue weighted by Crippen LogP contribution is 2.18. The quantitative estimate of drug-likeness (QED) is 0.796. The molecule has 0 N–H and O–H groups in total. The van der Waals surface area contributed by atoms with Crippen molar-refractivity contribution in [3.8, 4) is 5.75 Å². The monoisotopic (exact) mass is 235 g/mol. The summed E-state index contributed by atoms with van der Waals surface area (Å²) in [7, 11) is 1.62. The lowest BCUT2D eigenvalue weighted by atomic mass is 10.1. The van der Waals surface area contributed by atoms with E-state index in [0.717, 1.165) is 30.9 Å². The topological polar surface area (TPSA) is 38.8 Å². The molecule has 0 bridgehead atoms. The fraction of sp³-hybridized carbons (Fsp3) is 0.462. The second-order valence-electron chi connectivity index (χ2n) is 4.04. The van der Waals surface area contributed by atoms with Crippen molar-refractivity contribution >= 4 is 5.91 Å². The van der Waals surface area contributed by atoms with Crippen LogP contribution in [0.4, 0.5) is 0 Å².